The topological polar surface area (TPSA) is 111 Å². The molecule has 4 aromatic rings. The fourth-order valence-corrected chi connectivity index (χ4v) is 4.65. The van der Waals surface area contributed by atoms with Crippen LogP contribution < -0.4 is 5.32 Å². The van der Waals surface area contributed by atoms with E-state index in [1.807, 2.05) is 33.0 Å². The van der Waals surface area contributed by atoms with Crippen LogP contribution in [-0.2, 0) is 16.4 Å². The van der Waals surface area contributed by atoms with Gasteiger partial charge in [0.25, 0.3) is 5.89 Å². The van der Waals surface area contributed by atoms with Crippen molar-refractivity contribution in [3.8, 4) is 34.3 Å². The summed E-state index contributed by atoms with van der Waals surface area (Å²) in [6.07, 6.45) is 1.65. The van der Waals surface area contributed by atoms with Crippen LogP contribution in [0.5, 0.6) is 0 Å². The smallest absolute Gasteiger partial charge is 0.268 e. The minimum Gasteiger partial charge on any atom is -0.415 e. The summed E-state index contributed by atoms with van der Waals surface area (Å²) in [5.74, 6) is 0.693. The molecule has 0 bridgehead atoms. The minimum absolute atomic E-state index is 0. The van der Waals surface area contributed by atoms with Crippen molar-refractivity contribution < 1.29 is 14.3 Å². The first-order chi connectivity index (χ1) is 16.2. The number of hydrogen-bond donors (Lipinski definition) is 1. The summed E-state index contributed by atoms with van der Waals surface area (Å²) in [7, 11) is -1.43. The van der Waals surface area contributed by atoms with Crippen LogP contribution in [0.4, 0.5) is 0 Å². The third kappa shape index (κ3) is 4.62. The van der Waals surface area contributed by atoms with Crippen LogP contribution in [0.2, 0.25) is 0 Å². The van der Waals surface area contributed by atoms with Crippen molar-refractivity contribution >= 4 is 9.84 Å². The number of nitrogens with zero attached hydrogens (tertiary/aromatic N) is 4. The van der Waals surface area contributed by atoms with E-state index in [0.717, 1.165) is 23.2 Å². The van der Waals surface area contributed by atoms with Crippen LogP contribution in [-0.4, -0.2) is 40.9 Å². The molecule has 4 rings (SSSR count). The molecule has 9 heteroatoms. The zero-order chi connectivity index (χ0) is 24.5. The lowest BCUT2D eigenvalue weighted by Crippen LogP contribution is -2.13. The van der Waals surface area contributed by atoms with Crippen LogP contribution in [0.15, 0.2) is 58.0 Å². The van der Waals surface area contributed by atoms with Crippen LogP contribution in [0.3, 0.4) is 0 Å². The Bertz CT molecular complexity index is 1430. The fourth-order valence-electron chi connectivity index (χ4n) is 3.59. The van der Waals surface area contributed by atoms with E-state index >= 15 is 0 Å². The largest absolute Gasteiger partial charge is 0.415 e. The highest BCUT2D eigenvalue weighted by Gasteiger charge is 2.20. The second-order valence-electron chi connectivity index (χ2n) is 8.40. The molecule has 178 valence electrons. The molecule has 0 amide bonds. The molecule has 34 heavy (non-hydrogen) atoms. The van der Waals surface area contributed by atoms with Crippen LogP contribution >= 0.6 is 0 Å². The summed E-state index contributed by atoms with van der Waals surface area (Å²) in [5, 5.41) is 11.1. The van der Waals surface area contributed by atoms with Crippen molar-refractivity contribution in [2.24, 2.45) is 0 Å². The molecular weight excluding hydrogens is 450 g/mol. The molecule has 0 unspecified atom stereocenters. The normalized spacial score (nSPS) is 11.8. The van der Waals surface area contributed by atoms with Gasteiger partial charge >= 0.3 is 0 Å². The van der Waals surface area contributed by atoms with Gasteiger partial charge < -0.3 is 9.73 Å². The Hall–Kier alpha value is -3.43. The molecule has 0 spiro atoms. The molecule has 0 atom stereocenters. The summed E-state index contributed by atoms with van der Waals surface area (Å²) in [6, 6.07) is 12.7. The average Bonchev–Trinajstić information content (AvgIpc) is 3.29. The van der Waals surface area contributed by atoms with Gasteiger partial charge in [-0.25, -0.2) is 13.4 Å². The maximum Gasteiger partial charge on any atom is 0.268 e. The summed E-state index contributed by atoms with van der Waals surface area (Å²) < 4.78 is 30.8. The van der Waals surface area contributed by atoms with Crippen molar-refractivity contribution in [2.45, 2.75) is 44.4 Å². The molecule has 1 N–H and O–H groups in total. The van der Waals surface area contributed by atoms with Crippen LogP contribution in [0, 0.1) is 13.8 Å². The SMILES string of the molecule is CNCc1ccc(-c2nnc(-c3nc(-c4ccc(S(=O)(=O)C(C)C)cc4)cnc3C)o2)c(C)c1.[HH]. The number of sulfone groups is 1. The molecule has 2 aromatic heterocycles. The van der Waals surface area contributed by atoms with E-state index in [1.54, 1.807) is 44.3 Å². The summed E-state index contributed by atoms with van der Waals surface area (Å²) >= 11 is 0. The van der Waals surface area contributed by atoms with Gasteiger partial charge in [-0.05, 0) is 64.1 Å². The lowest BCUT2D eigenvalue weighted by atomic mass is 10.1. The highest BCUT2D eigenvalue weighted by atomic mass is 32.2. The van der Waals surface area contributed by atoms with E-state index in [4.69, 9.17) is 9.40 Å². The number of benzene rings is 2. The van der Waals surface area contributed by atoms with Gasteiger partial charge in [0.15, 0.2) is 9.84 Å². The van der Waals surface area contributed by atoms with Gasteiger partial charge in [0.1, 0.15) is 5.69 Å². The van der Waals surface area contributed by atoms with Crippen molar-refractivity contribution in [3.63, 3.8) is 0 Å². The number of nitrogens with one attached hydrogen (secondary N) is 1. The van der Waals surface area contributed by atoms with Gasteiger partial charge in [-0.15, -0.1) is 10.2 Å². The predicted octanol–water partition coefficient (Wildman–Crippen LogP) is 4.62. The van der Waals surface area contributed by atoms with Crippen LogP contribution in [0.25, 0.3) is 34.3 Å². The van der Waals surface area contributed by atoms with E-state index in [-0.39, 0.29) is 12.2 Å². The quantitative estimate of drug-likeness (QED) is 0.409. The average molecular weight is 480 g/mol. The molecule has 0 fully saturated rings. The Labute approximate surface area is 200 Å². The van der Waals surface area contributed by atoms with Crippen molar-refractivity contribution in [1.29, 1.82) is 0 Å². The second kappa shape index (κ2) is 9.44. The monoisotopic (exact) mass is 479 g/mol. The highest BCUT2D eigenvalue weighted by molar-refractivity contribution is 7.92. The van der Waals surface area contributed by atoms with Gasteiger partial charge in [-0.1, -0.05) is 24.3 Å². The Kier molecular flexibility index (Phi) is 6.58. The predicted molar refractivity (Wildman–Crippen MR) is 133 cm³/mol. The van der Waals surface area contributed by atoms with Gasteiger partial charge in [-0.3, -0.25) is 4.98 Å². The lowest BCUT2D eigenvalue weighted by molar-refractivity contribution is 0.580. The van der Waals surface area contributed by atoms with Gasteiger partial charge in [0.2, 0.25) is 5.89 Å². The maximum atomic E-state index is 12.4. The standard InChI is InChI=1S/C25H27N5O3S.H2/c1-15(2)34(31,32)20-9-7-19(8-10-20)22-14-27-17(4)23(28-22)25-30-29-24(33-25)21-11-6-18(13-26-5)12-16(21)3;/h6-12,14-15,26H,13H2,1-5H3;1H. The lowest BCUT2D eigenvalue weighted by Gasteiger charge is -2.09. The number of rotatable bonds is 7. The van der Waals surface area contributed by atoms with Gasteiger partial charge in [0.05, 0.1) is 27.7 Å². The van der Waals surface area contributed by atoms with E-state index in [1.165, 1.54) is 5.56 Å². The Morgan fingerprint density at radius 2 is 1.74 bits per heavy atom. The van der Waals surface area contributed by atoms with Crippen molar-refractivity contribution in [2.75, 3.05) is 7.05 Å². The molecule has 0 aliphatic carbocycles. The fraction of sp³-hybridized carbons (Fsp3) is 0.280. The molecule has 0 saturated heterocycles. The van der Waals surface area contributed by atoms with E-state index < -0.39 is 15.1 Å². The third-order valence-corrected chi connectivity index (χ3v) is 7.75. The zero-order valence-corrected chi connectivity index (χ0v) is 20.6. The molecular formula is C25H29N5O3S. The van der Waals surface area contributed by atoms with Crippen LogP contribution in [0.1, 0.15) is 32.1 Å². The van der Waals surface area contributed by atoms with Crippen molar-refractivity contribution in [1.82, 2.24) is 25.5 Å². The Morgan fingerprint density at radius 1 is 1.03 bits per heavy atom. The molecule has 0 aliphatic heterocycles. The molecule has 2 heterocycles. The first-order valence-electron chi connectivity index (χ1n) is 11.0. The maximum absolute atomic E-state index is 12.4. The van der Waals surface area contributed by atoms with Gasteiger partial charge in [0, 0.05) is 19.1 Å². The van der Waals surface area contributed by atoms with Crippen molar-refractivity contribution in [3.05, 3.63) is 65.5 Å². The Balaban J connectivity index is 0.00000342. The zero-order valence-electron chi connectivity index (χ0n) is 19.8. The first kappa shape index (κ1) is 23.7. The number of hydrogen-bond acceptors (Lipinski definition) is 8. The second-order valence-corrected chi connectivity index (χ2v) is 10.9. The molecule has 2 aromatic carbocycles. The molecule has 0 aliphatic rings. The summed E-state index contributed by atoms with van der Waals surface area (Å²) in [6.45, 7) is 7.94. The number of aromatic nitrogens is 4. The summed E-state index contributed by atoms with van der Waals surface area (Å²) in [5.41, 5.74) is 5.54. The number of aryl methyl sites for hydroxylation is 2. The van der Waals surface area contributed by atoms with E-state index in [2.05, 4.69) is 26.6 Å². The Morgan fingerprint density at radius 3 is 2.38 bits per heavy atom. The third-order valence-electron chi connectivity index (χ3n) is 5.58. The molecule has 0 radical (unpaired) electrons. The minimum atomic E-state index is -3.34. The van der Waals surface area contributed by atoms with E-state index in [9.17, 15) is 8.42 Å². The van der Waals surface area contributed by atoms with Gasteiger partial charge in [-0.2, -0.15) is 0 Å². The van der Waals surface area contributed by atoms with E-state index in [0.29, 0.717) is 23.0 Å². The molecule has 0 saturated carbocycles. The highest BCUT2D eigenvalue weighted by Crippen LogP contribution is 2.29. The molecule has 8 nitrogen and oxygen atoms in total. The first-order valence-corrected chi connectivity index (χ1v) is 12.5. The summed E-state index contributed by atoms with van der Waals surface area (Å²) in [4.78, 5) is 9.42.